The standard InChI is InChI=1S/C26H26FN7O2/c27-20-5-1-4-18-23(20)32-21(33-26(18)36)6-2-7-22(35)34-12-8-16(9-13-34)17-14-19(24(28)31-15-17)25-29-10-3-11-30-25/h1,3-5,10-11,14-16H,2,6-9,12-13H2,(H2,28,31)(H,32,33,36). The number of fused-ring (bicyclic) bond motifs is 1. The van der Waals surface area contributed by atoms with Crippen molar-refractivity contribution < 1.29 is 9.18 Å². The van der Waals surface area contributed by atoms with Crippen LogP contribution in [0.15, 0.2) is 53.7 Å². The minimum atomic E-state index is -0.529. The zero-order valence-corrected chi connectivity index (χ0v) is 19.7. The van der Waals surface area contributed by atoms with Crippen LogP contribution in [0.5, 0.6) is 0 Å². The van der Waals surface area contributed by atoms with E-state index in [9.17, 15) is 14.0 Å². The summed E-state index contributed by atoms with van der Waals surface area (Å²) < 4.78 is 14.0. The number of likely N-dealkylation sites (tertiary alicyclic amines) is 1. The molecule has 3 N–H and O–H groups in total. The minimum absolute atomic E-state index is 0.0591. The first-order valence-corrected chi connectivity index (χ1v) is 12.0. The largest absolute Gasteiger partial charge is 0.383 e. The van der Waals surface area contributed by atoms with E-state index >= 15 is 0 Å². The summed E-state index contributed by atoms with van der Waals surface area (Å²) in [5, 5.41) is 0.220. The van der Waals surface area contributed by atoms with Gasteiger partial charge in [0.15, 0.2) is 5.82 Å². The van der Waals surface area contributed by atoms with Crippen molar-refractivity contribution in [1.82, 2.24) is 29.8 Å². The number of nitrogens with two attached hydrogens (primary N) is 1. The van der Waals surface area contributed by atoms with Crippen molar-refractivity contribution in [3.8, 4) is 11.4 Å². The fraction of sp³-hybridized carbons (Fsp3) is 0.308. The number of carbonyl (C=O) groups excluding carboxylic acids is 1. The second-order valence-electron chi connectivity index (χ2n) is 8.93. The van der Waals surface area contributed by atoms with Crippen LogP contribution in [0.3, 0.4) is 0 Å². The third kappa shape index (κ3) is 4.93. The van der Waals surface area contributed by atoms with Crippen molar-refractivity contribution in [2.24, 2.45) is 0 Å². The molecule has 5 rings (SSSR count). The zero-order valence-electron chi connectivity index (χ0n) is 19.7. The summed E-state index contributed by atoms with van der Waals surface area (Å²) >= 11 is 0. The number of rotatable bonds is 6. The second-order valence-corrected chi connectivity index (χ2v) is 8.93. The first-order valence-electron chi connectivity index (χ1n) is 12.0. The Balaban J connectivity index is 1.16. The summed E-state index contributed by atoms with van der Waals surface area (Å²) in [7, 11) is 0. The van der Waals surface area contributed by atoms with Crippen molar-refractivity contribution in [2.75, 3.05) is 18.8 Å². The van der Waals surface area contributed by atoms with Crippen LogP contribution >= 0.6 is 0 Å². The molecule has 0 atom stereocenters. The Morgan fingerprint density at radius 1 is 1.14 bits per heavy atom. The Morgan fingerprint density at radius 2 is 1.92 bits per heavy atom. The molecule has 3 aromatic heterocycles. The SMILES string of the molecule is Nc1ncc(C2CCN(C(=O)CCCc3nc4c(F)cccc4c(=O)[nH]3)CC2)cc1-c1ncccn1. The molecular weight excluding hydrogens is 461 g/mol. The minimum Gasteiger partial charge on any atom is -0.383 e. The molecule has 36 heavy (non-hydrogen) atoms. The van der Waals surface area contributed by atoms with Crippen molar-refractivity contribution >= 4 is 22.6 Å². The van der Waals surface area contributed by atoms with Gasteiger partial charge in [0.1, 0.15) is 23.0 Å². The Bertz CT molecular complexity index is 1450. The van der Waals surface area contributed by atoms with E-state index in [-0.39, 0.29) is 28.3 Å². The predicted molar refractivity (Wildman–Crippen MR) is 133 cm³/mol. The van der Waals surface area contributed by atoms with Crippen LogP contribution < -0.4 is 11.3 Å². The molecular formula is C26H26FN7O2. The number of H-pyrrole nitrogens is 1. The van der Waals surface area contributed by atoms with Gasteiger partial charge in [-0.25, -0.2) is 24.3 Å². The predicted octanol–water partition coefficient (Wildman–Crippen LogP) is 3.23. The molecule has 0 saturated carbocycles. The molecule has 4 aromatic rings. The van der Waals surface area contributed by atoms with Gasteiger partial charge in [-0.1, -0.05) is 6.07 Å². The molecule has 184 valence electrons. The average molecular weight is 488 g/mol. The van der Waals surface area contributed by atoms with Gasteiger partial charge in [-0.3, -0.25) is 9.59 Å². The van der Waals surface area contributed by atoms with E-state index in [4.69, 9.17) is 5.73 Å². The number of aromatic nitrogens is 5. The quantitative estimate of drug-likeness (QED) is 0.427. The Hall–Kier alpha value is -4.21. The first-order chi connectivity index (χ1) is 17.5. The lowest BCUT2D eigenvalue weighted by atomic mass is 9.89. The lowest BCUT2D eigenvalue weighted by Gasteiger charge is -2.32. The summed E-state index contributed by atoms with van der Waals surface area (Å²) in [6, 6.07) is 8.05. The number of nitrogen functional groups attached to an aromatic ring is 1. The molecule has 0 spiro atoms. The van der Waals surface area contributed by atoms with E-state index in [1.807, 2.05) is 11.0 Å². The Morgan fingerprint density at radius 3 is 2.69 bits per heavy atom. The van der Waals surface area contributed by atoms with Gasteiger partial charge in [0.2, 0.25) is 5.91 Å². The van der Waals surface area contributed by atoms with Crippen molar-refractivity contribution in [1.29, 1.82) is 0 Å². The first kappa shape index (κ1) is 23.5. The third-order valence-electron chi connectivity index (χ3n) is 6.61. The molecule has 1 amide bonds. The number of halogens is 1. The maximum absolute atomic E-state index is 14.0. The molecule has 1 aliphatic rings. The van der Waals surface area contributed by atoms with Gasteiger partial charge in [-0.05, 0) is 55.0 Å². The van der Waals surface area contributed by atoms with Gasteiger partial charge < -0.3 is 15.6 Å². The second kappa shape index (κ2) is 10.2. The van der Waals surface area contributed by atoms with Crippen molar-refractivity contribution in [3.63, 3.8) is 0 Å². The van der Waals surface area contributed by atoms with Gasteiger partial charge in [-0.15, -0.1) is 0 Å². The van der Waals surface area contributed by atoms with Crippen LogP contribution in [0.25, 0.3) is 22.3 Å². The lowest BCUT2D eigenvalue weighted by molar-refractivity contribution is -0.132. The van der Waals surface area contributed by atoms with Crippen molar-refractivity contribution in [2.45, 2.75) is 38.0 Å². The summed E-state index contributed by atoms with van der Waals surface area (Å²) in [6.07, 6.45) is 8.03. The molecule has 0 aliphatic carbocycles. The number of carbonyl (C=O) groups is 1. The fourth-order valence-corrected chi connectivity index (χ4v) is 4.65. The van der Waals surface area contributed by atoms with E-state index in [1.165, 1.54) is 18.2 Å². The van der Waals surface area contributed by atoms with Gasteiger partial charge in [-0.2, -0.15) is 0 Å². The topological polar surface area (TPSA) is 131 Å². The molecule has 1 fully saturated rings. The summed E-state index contributed by atoms with van der Waals surface area (Å²) in [5.41, 5.74) is 7.53. The lowest BCUT2D eigenvalue weighted by Crippen LogP contribution is -2.37. The van der Waals surface area contributed by atoms with E-state index in [1.54, 1.807) is 24.7 Å². The molecule has 4 heterocycles. The molecule has 9 nitrogen and oxygen atoms in total. The highest BCUT2D eigenvalue weighted by molar-refractivity contribution is 5.78. The maximum Gasteiger partial charge on any atom is 0.258 e. The normalized spacial score (nSPS) is 14.3. The Labute approximate surface area is 206 Å². The number of aromatic amines is 1. The summed E-state index contributed by atoms with van der Waals surface area (Å²) in [4.78, 5) is 46.7. The summed E-state index contributed by atoms with van der Waals surface area (Å²) in [5.74, 6) is 1.13. The number of para-hydroxylation sites is 1. The monoisotopic (exact) mass is 487 g/mol. The number of aryl methyl sites for hydroxylation is 1. The highest BCUT2D eigenvalue weighted by Crippen LogP contribution is 2.31. The highest BCUT2D eigenvalue weighted by atomic mass is 19.1. The van der Waals surface area contributed by atoms with Crippen LogP contribution in [0.4, 0.5) is 10.2 Å². The number of hydrogen-bond acceptors (Lipinski definition) is 7. The number of nitrogens with zero attached hydrogens (tertiary/aromatic N) is 5. The van der Waals surface area contributed by atoms with Crippen LogP contribution in [0.2, 0.25) is 0 Å². The maximum atomic E-state index is 14.0. The third-order valence-corrected chi connectivity index (χ3v) is 6.61. The van der Waals surface area contributed by atoms with E-state index < -0.39 is 5.82 Å². The van der Waals surface area contributed by atoms with Crippen LogP contribution in [-0.2, 0) is 11.2 Å². The molecule has 1 aliphatic heterocycles. The number of anilines is 1. The smallest absolute Gasteiger partial charge is 0.258 e. The Kier molecular flexibility index (Phi) is 6.66. The van der Waals surface area contributed by atoms with Gasteiger partial charge >= 0.3 is 0 Å². The number of hydrogen-bond donors (Lipinski definition) is 2. The van der Waals surface area contributed by atoms with Crippen LogP contribution in [0.1, 0.15) is 43.0 Å². The number of amides is 1. The van der Waals surface area contributed by atoms with Gasteiger partial charge in [0.25, 0.3) is 5.56 Å². The molecule has 0 bridgehead atoms. The van der Waals surface area contributed by atoms with Gasteiger partial charge in [0.05, 0.1) is 10.9 Å². The molecule has 1 aromatic carbocycles. The average Bonchev–Trinajstić information content (AvgIpc) is 2.90. The molecule has 0 radical (unpaired) electrons. The molecule has 0 unspecified atom stereocenters. The van der Waals surface area contributed by atoms with E-state index in [2.05, 4.69) is 24.9 Å². The van der Waals surface area contributed by atoms with Crippen LogP contribution in [-0.4, -0.2) is 48.8 Å². The molecule has 10 heteroatoms. The fourth-order valence-electron chi connectivity index (χ4n) is 4.65. The highest BCUT2D eigenvalue weighted by Gasteiger charge is 2.24. The van der Waals surface area contributed by atoms with E-state index in [0.717, 1.165) is 18.4 Å². The molecule has 1 saturated heterocycles. The van der Waals surface area contributed by atoms with Crippen LogP contribution in [0, 0.1) is 5.82 Å². The number of piperidine rings is 1. The number of benzene rings is 1. The zero-order chi connectivity index (χ0) is 25.1. The summed E-state index contributed by atoms with van der Waals surface area (Å²) in [6.45, 7) is 1.31. The van der Waals surface area contributed by atoms with Gasteiger partial charge in [0, 0.05) is 44.5 Å². The van der Waals surface area contributed by atoms with Crippen molar-refractivity contribution in [3.05, 3.63) is 76.5 Å². The van der Waals surface area contributed by atoms with E-state index in [0.29, 0.717) is 55.4 Å². The number of pyridine rings is 1. The number of nitrogens with one attached hydrogen (secondary N) is 1.